The first kappa shape index (κ1) is 18.3. The topological polar surface area (TPSA) is 72.4 Å². The fourth-order valence-corrected chi connectivity index (χ4v) is 3.27. The number of fused-ring (bicyclic) bond motifs is 1. The van der Waals surface area contributed by atoms with Gasteiger partial charge in [-0.2, -0.15) is 5.10 Å². The summed E-state index contributed by atoms with van der Waals surface area (Å²) in [7, 11) is 0. The maximum atomic E-state index is 11.1. The SMILES string of the molecule is NC(=O)CCn1cc(/C=N\NCc2c(Cl)cccc2Cl)c2ccccc21. The molecule has 3 rings (SSSR count). The molecule has 3 aromatic rings. The average Bonchev–Trinajstić information content (AvgIpc) is 2.97. The van der Waals surface area contributed by atoms with E-state index < -0.39 is 0 Å². The van der Waals surface area contributed by atoms with Crippen molar-refractivity contribution in [3.8, 4) is 0 Å². The lowest BCUT2D eigenvalue weighted by atomic mass is 10.2. The number of benzene rings is 2. The van der Waals surface area contributed by atoms with E-state index in [1.54, 1.807) is 24.4 Å². The maximum Gasteiger partial charge on any atom is 0.219 e. The molecule has 0 atom stereocenters. The molecule has 0 aliphatic rings. The molecular weight excluding hydrogens is 371 g/mol. The zero-order valence-corrected chi connectivity index (χ0v) is 15.5. The van der Waals surface area contributed by atoms with Gasteiger partial charge in [0.05, 0.1) is 12.8 Å². The number of halogens is 2. The van der Waals surface area contributed by atoms with Crippen molar-refractivity contribution in [2.75, 3.05) is 0 Å². The predicted octanol–water partition coefficient (Wildman–Crippen LogP) is 3.95. The number of primary amides is 1. The summed E-state index contributed by atoms with van der Waals surface area (Å²) in [4.78, 5) is 11.1. The van der Waals surface area contributed by atoms with Crippen LogP contribution in [0.4, 0.5) is 0 Å². The third-order valence-electron chi connectivity index (χ3n) is 4.03. The van der Waals surface area contributed by atoms with Crippen molar-refractivity contribution in [2.45, 2.75) is 19.5 Å². The largest absolute Gasteiger partial charge is 0.370 e. The Kier molecular flexibility index (Phi) is 5.81. The molecule has 1 amide bonds. The van der Waals surface area contributed by atoms with Crippen molar-refractivity contribution in [3.05, 3.63) is 69.8 Å². The first-order chi connectivity index (χ1) is 12.6. The minimum Gasteiger partial charge on any atom is -0.370 e. The Labute approximate surface area is 161 Å². The van der Waals surface area contributed by atoms with Crippen LogP contribution in [0.15, 0.2) is 53.8 Å². The third kappa shape index (κ3) is 4.18. The Bertz CT molecular complexity index is 945. The van der Waals surface area contributed by atoms with Gasteiger partial charge in [-0.05, 0) is 18.2 Å². The summed E-state index contributed by atoms with van der Waals surface area (Å²) in [6, 6.07) is 13.3. The van der Waals surface area contributed by atoms with Crippen LogP contribution in [0.2, 0.25) is 10.0 Å². The van der Waals surface area contributed by atoms with Gasteiger partial charge in [-0.1, -0.05) is 47.5 Å². The van der Waals surface area contributed by atoms with E-state index in [1.165, 1.54) is 0 Å². The highest BCUT2D eigenvalue weighted by Gasteiger charge is 2.08. The molecule has 0 fully saturated rings. The minimum atomic E-state index is -0.323. The fraction of sp³-hybridized carbons (Fsp3) is 0.158. The quantitative estimate of drug-likeness (QED) is 0.475. The molecule has 2 aromatic carbocycles. The molecule has 0 aliphatic carbocycles. The zero-order valence-electron chi connectivity index (χ0n) is 14.0. The summed E-state index contributed by atoms with van der Waals surface area (Å²) in [6.45, 7) is 0.960. The number of amides is 1. The summed E-state index contributed by atoms with van der Waals surface area (Å²) in [5.74, 6) is -0.323. The highest BCUT2D eigenvalue weighted by Crippen LogP contribution is 2.24. The number of nitrogens with two attached hydrogens (primary N) is 1. The van der Waals surface area contributed by atoms with Gasteiger partial charge < -0.3 is 15.7 Å². The molecule has 0 aliphatic heterocycles. The highest BCUT2D eigenvalue weighted by atomic mass is 35.5. The number of carbonyl (C=O) groups is 1. The first-order valence-corrected chi connectivity index (χ1v) is 8.87. The van der Waals surface area contributed by atoms with E-state index in [-0.39, 0.29) is 5.91 Å². The lowest BCUT2D eigenvalue weighted by Crippen LogP contribution is -2.13. The number of para-hydroxylation sites is 1. The zero-order chi connectivity index (χ0) is 18.5. The smallest absolute Gasteiger partial charge is 0.219 e. The molecule has 0 saturated heterocycles. The average molecular weight is 389 g/mol. The normalized spacial score (nSPS) is 11.3. The van der Waals surface area contributed by atoms with Gasteiger partial charge in [-0.3, -0.25) is 4.79 Å². The van der Waals surface area contributed by atoms with Crippen molar-refractivity contribution < 1.29 is 4.79 Å². The number of carbonyl (C=O) groups excluding carboxylic acids is 1. The highest BCUT2D eigenvalue weighted by molar-refractivity contribution is 6.35. The van der Waals surface area contributed by atoms with E-state index in [4.69, 9.17) is 28.9 Å². The van der Waals surface area contributed by atoms with E-state index in [1.807, 2.05) is 35.0 Å². The number of hydrazone groups is 1. The first-order valence-electron chi connectivity index (χ1n) is 8.11. The van der Waals surface area contributed by atoms with E-state index in [2.05, 4.69) is 10.5 Å². The molecule has 5 nitrogen and oxygen atoms in total. The molecule has 0 unspecified atom stereocenters. The van der Waals surface area contributed by atoms with Crippen LogP contribution in [-0.2, 0) is 17.9 Å². The van der Waals surface area contributed by atoms with Gasteiger partial charge >= 0.3 is 0 Å². The van der Waals surface area contributed by atoms with Gasteiger partial charge in [0, 0.05) is 51.2 Å². The van der Waals surface area contributed by atoms with Gasteiger partial charge in [0.2, 0.25) is 5.91 Å². The second-order valence-corrected chi connectivity index (χ2v) is 6.62. The van der Waals surface area contributed by atoms with Crippen LogP contribution in [-0.4, -0.2) is 16.7 Å². The van der Waals surface area contributed by atoms with Crippen molar-refractivity contribution in [1.29, 1.82) is 0 Å². The Hall–Kier alpha value is -2.50. The Morgan fingerprint density at radius 3 is 2.62 bits per heavy atom. The Morgan fingerprint density at radius 1 is 1.15 bits per heavy atom. The molecule has 134 valence electrons. The monoisotopic (exact) mass is 388 g/mol. The molecule has 0 saturated carbocycles. The lowest BCUT2D eigenvalue weighted by Gasteiger charge is -2.05. The number of hydrogen-bond acceptors (Lipinski definition) is 3. The van der Waals surface area contributed by atoms with Gasteiger partial charge in [0.25, 0.3) is 0 Å². The van der Waals surface area contributed by atoms with E-state index in [9.17, 15) is 4.79 Å². The summed E-state index contributed by atoms with van der Waals surface area (Å²) < 4.78 is 2.01. The molecule has 0 radical (unpaired) electrons. The van der Waals surface area contributed by atoms with Crippen LogP contribution < -0.4 is 11.2 Å². The van der Waals surface area contributed by atoms with Crippen LogP contribution in [0.25, 0.3) is 10.9 Å². The van der Waals surface area contributed by atoms with E-state index in [0.29, 0.717) is 29.6 Å². The minimum absolute atomic E-state index is 0.290. The molecule has 1 heterocycles. The summed E-state index contributed by atoms with van der Waals surface area (Å²) >= 11 is 12.3. The van der Waals surface area contributed by atoms with Gasteiger partial charge in [-0.25, -0.2) is 0 Å². The van der Waals surface area contributed by atoms with Crippen molar-refractivity contribution in [1.82, 2.24) is 9.99 Å². The lowest BCUT2D eigenvalue weighted by molar-refractivity contribution is -0.118. The molecule has 26 heavy (non-hydrogen) atoms. The van der Waals surface area contributed by atoms with Crippen LogP contribution >= 0.6 is 23.2 Å². The second-order valence-electron chi connectivity index (χ2n) is 5.80. The second kappa shape index (κ2) is 8.25. The molecule has 1 aromatic heterocycles. The van der Waals surface area contributed by atoms with Gasteiger partial charge in [-0.15, -0.1) is 0 Å². The number of aryl methyl sites for hydroxylation is 1. The summed E-state index contributed by atoms with van der Waals surface area (Å²) in [5, 5.41) is 6.54. The molecule has 0 spiro atoms. The molecular formula is C19H18Cl2N4O. The standard InChI is InChI=1S/C19H18Cl2N4O/c20-16-5-3-6-17(21)15(16)11-24-23-10-13-12-25(9-8-19(22)26)18-7-2-1-4-14(13)18/h1-7,10,12,24H,8-9,11H2,(H2,22,26)/b23-10-. The van der Waals surface area contributed by atoms with Crippen LogP contribution in [0.5, 0.6) is 0 Å². The van der Waals surface area contributed by atoms with Crippen LogP contribution in [0.3, 0.4) is 0 Å². The number of aromatic nitrogens is 1. The Morgan fingerprint density at radius 2 is 1.88 bits per heavy atom. The number of nitrogens with one attached hydrogen (secondary N) is 1. The maximum absolute atomic E-state index is 11.1. The predicted molar refractivity (Wildman–Crippen MR) is 107 cm³/mol. The summed E-state index contributed by atoms with van der Waals surface area (Å²) in [5.41, 5.74) is 11.0. The van der Waals surface area contributed by atoms with Gasteiger partial charge in [0.15, 0.2) is 0 Å². The molecule has 0 bridgehead atoms. The number of nitrogens with zero attached hydrogens (tertiary/aromatic N) is 2. The van der Waals surface area contributed by atoms with Crippen molar-refractivity contribution >= 4 is 46.2 Å². The van der Waals surface area contributed by atoms with Crippen molar-refractivity contribution in [2.24, 2.45) is 10.8 Å². The van der Waals surface area contributed by atoms with E-state index >= 15 is 0 Å². The molecule has 7 heteroatoms. The number of rotatable bonds is 7. The van der Waals surface area contributed by atoms with Crippen LogP contribution in [0, 0.1) is 0 Å². The molecule has 3 N–H and O–H groups in total. The third-order valence-corrected chi connectivity index (χ3v) is 4.74. The Balaban J connectivity index is 1.76. The van der Waals surface area contributed by atoms with Gasteiger partial charge in [0.1, 0.15) is 0 Å². The van der Waals surface area contributed by atoms with Crippen molar-refractivity contribution in [3.63, 3.8) is 0 Å². The fourth-order valence-electron chi connectivity index (χ4n) is 2.73. The number of hydrogen-bond donors (Lipinski definition) is 2. The van der Waals surface area contributed by atoms with E-state index in [0.717, 1.165) is 22.0 Å². The summed E-state index contributed by atoms with van der Waals surface area (Å²) in [6.07, 6.45) is 3.99. The van der Waals surface area contributed by atoms with Crippen LogP contribution in [0.1, 0.15) is 17.5 Å².